The Kier molecular flexibility index (Phi) is 13.6. The summed E-state index contributed by atoms with van der Waals surface area (Å²) < 4.78 is 19.8. The van der Waals surface area contributed by atoms with E-state index in [1.54, 1.807) is 6.92 Å². The maximum absolute atomic E-state index is 11.4. The van der Waals surface area contributed by atoms with Gasteiger partial charge in [-0.1, -0.05) is 6.92 Å². The molecule has 0 radical (unpaired) electrons. The lowest BCUT2D eigenvalue weighted by molar-refractivity contribution is -0.152. The number of esters is 1. The molecule has 0 aliphatic rings. The summed E-state index contributed by atoms with van der Waals surface area (Å²) in [5, 5.41) is 0. The van der Waals surface area contributed by atoms with E-state index in [1.165, 1.54) is 0 Å². The maximum atomic E-state index is 11.4. The smallest absolute Gasteiger partial charge is 0.460 e. The number of hydrogen-bond donors (Lipinski definition) is 0. The lowest BCUT2D eigenvalue weighted by atomic mass is 10.3. The SMILES string of the molecule is CCC(C)OC(=O)COC(=O)F.II. The third-order valence-electron chi connectivity index (χ3n) is 1.21. The Morgan fingerprint density at radius 1 is 1.43 bits per heavy atom. The molecule has 0 saturated heterocycles. The average molecular weight is 432 g/mol. The zero-order valence-corrected chi connectivity index (χ0v) is 12.1. The molecule has 0 spiro atoms. The minimum atomic E-state index is -1.98. The summed E-state index contributed by atoms with van der Waals surface area (Å²) in [7, 11) is 0. The van der Waals surface area contributed by atoms with Gasteiger partial charge in [-0.15, -0.1) is 4.39 Å². The van der Waals surface area contributed by atoms with Gasteiger partial charge in [-0.2, -0.15) is 0 Å². The predicted octanol–water partition coefficient (Wildman–Crippen LogP) is 3.21. The highest BCUT2D eigenvalue weighted by atomic mass is 128. The Morgan fingerprint density at radius 2 is 1.93 bits per heavy atom. The Bertz CT molecular complexity index is 177. The van der Waals surface area contributed by atoms with E-state index in [9.17, 15) is 14.0 Å². The van der Waals surface area contributed by atoms with Crippen LogP contribution in [0.2, 0.25) is 0 Å². The Balaban J connectivity index is 0. The Morgan fingerprint density at radius 3 is 2.29 bits per heavy atom. The average Bonchev–Trinajstić information content (AvgIpc) is 2.17. The first-order valence-corrected chi connectivity index (χ1v) is 10.0. The van der Waals surface area contributed by atoms with Crippen molar-refractivity contribution in [1.29, 1.82) is 0 Å². The molecule has 0 aromatic heterocycles. The van der Waals surface area contributed by atoms with Crippen molar-refractivity contribution in [2.75, 3.05) is 6.61 Å². The molecule has 84 valence electrons. The lowest BCUT2D eigenvalue weighted by Crippen LogP contribution is -2.19. The minimum absolute atomic E-state index is 0.240. The number of rotatable bonds is 4. The topological polar surface area (TPSA) is 52.6 Å². The minimum Gasteiger partial charge on any atom is -0.460 e. The van der Waals surface area contributed by atoms with Gasteiger partial charge in [0, 0.05) is 37.2 Å². The van der Waals surface area contributed by atoms with Crippen molar-refractivity contribution in [3.8, 4) is 0 Å². The summed E-state index contributed by atoms with van der Waals surface area (Å²) in [6.07, 6.45) is -1.55. The molecule has 0 aromatic carbocycles. The molecule has 0 saturated carbocycles. The van der Waals surface area contributed by atoms with E-state index in [2.05, 4.69) is 46.7 Å². The Labute approximate surface area is 105 Å². The molecule has 0 aliphatic heterocycles. The molecule has 0 aromatic rings. The van der Waals surface area contributed by atoms with Crippen molar-refractivity contribution in [1.82, 2.24) is 0 Å². The molecule has 0 N–H and O–H groups in total. The lowest BCUT2D eigenvalue weighted by Gasteiger charge is -2.09. The third-order valence-corrected chi connectivity index (χ3v) is 1.21. The first-order chi connectivity index (χ1) is 6.56. The van der Waals surface area contributed by atoms with Gasteiger partial charge in [-0.25, -0.2) is 9.59 Å². The van der Waals surface area contributed by atoms with Crippen molar-refractivity contribution in [2.24, 2.45) is 0 Å². The molecule has 0 amide bonds. The summed E-state index contributed by atoms with van der Waals surface area (Å²) >= 11 is 4.24. The van der Waals surface area contributed by atoms with Crippen LogP contribution in [0.4, 0.5) is 9.18 Å². The van der Waals surface area contributed by atoms with Gasteiger partial charge in [0.15, 0.2) is 6.61 Å². The van der Waals surface area contributed by atoms with Crippen molar-refractivity contribution >= 4 is 49.4 Å². The quantitative estimate of drug-likeness (QED) is 0.389. The van der Waals surface area contributed by atoms with Crippen LogP contribution in [0.1, 0.15) is 20.3 Å². The van der Waals surface area contributed by atoms with Gasteiger partial charge in [-0.05, 0) is 13.3 Å². The standard InChI is InChI=1S/C7H11FO4.I2/c1-3-5(2)12-6(9)4-11-7(8)10;1-2/h5H,3-4H2,1-2H3;. The fourth-order valence-corrected chi connectivity index (χ4v) is 0.457. The Hall–Kier alpha value is 0.330. The van der Waals surface area contributed by atoms with Gasteiger partial charge < -0.3 is 9.47 Å². The van der Waals surface area contributed by atoms with Crippen LogP contribution in [0.15, 0.2) is 0 Å². The normalized spacial score (nSPS) is 10.6. The molecule has 1 unspecified atom stereocenters. The van der Waals surface area contributed by atoms with Crippen LogP contribution in [0.3, 0.4) is 0 Å². The van der Waals surface area contributed by atoms with Crippen LogP contribution >= 0.6 is 37.2 Å². The van der Waals surface area contributed by atoms with Crippen molar-refractivity contribution < 1.29 is 23.5 Å². The van der Waals surface area contributed by atoms with Crippen molar-refractivity contribution in [2.45, 2.75) is 26.4 Å². The van der Waals surface area contributed by atoms with Crippen molar-refractivity contribution in [3.63, 3.8) is 0 Å². The molecule has 0 bridgehead atoms. The monoisotopic (exact) mass is 432 g/mol. The molecule has 14 heavy (non-hydrogen) atoms. The van der Waals surface area contributed by atoms with Crippen LogP contribution in [0, 0.1) is 0 Å². The highest BCUT2D eigenvalue weighted by Crippen LogP contribution is 1.96. The van der Waals surface area contributed by atoms with Crippen LogP contribution in [-0.2, 0) is 14.3 Å². The van der Waals surface area contributed by atoms with E-state index in [4.69, 9.17) is 0 Å². The molecule has 4 nitrogen and oxygen atoms in total. The van der Waals surface area contributed by atoms with E-state index >= 15 is 0 Å². The number of carbonyl (C=O) groups is 2. The summed E-state index contributed by atoms with van der Waals surface area (Å²) in [6.45, 7) is 2.86. The zero-order valence-electron chi connectivity index (χ0n) is 7.76. The predicted molar refractivity (Wildman–Crippen MR) is 66.3 cm³/mol. The summed E-state index contributed by atoms with van der Waals surface area (Å²) in [6, 6.07) is 0. The molecule has 0 fully saturated rings. The first kappa shape index (κ1) is 16.7. The van der Waals surface area contributed by atoms with Gasteiger partial charge in [0.05, 0.1) is 6.10 Å². The summed E-state index contributed by atoms with van der Waals surface area (Å²) in [4.78, 5) is 20.3. The van der Waals surface area contributed by atoms with E-state index in [-0.39, 0.29) is 6.10 Å². The second kappa shape index (κ2) is 11.4. The fraction of sp³-hybridized carbons (Fsp3) is 0.714. The number of hydrogen-bond acceptors (Lipinski definition) is 4. The first-order valence-electron chi connectivity index (χ1n) is 3.72. The summed E-state index contributed by atoms with van der Waals surface area (Å²) in [5.41, 5.74) is 0. The zero-order chi connectivity index (χ0) is 11.6. The molecule has 0 aliphatic carbocycles. The van der Waals surface area contributed by atoms with E-state index in [0.29, 0.717) is 6.42 Å². The van der Waals surface area contributed by atoms with E-state index in [1.807, 2.05) is 6.92 Å². The van der Waals surface area contributed by atoms with Crippen molar-refractivity contribution in [3.05, 3.63) is 0 Å². The number of carbonyl (C=O) groups excluding carboxylic acids is 2. The second-order valence-corrected chi connectivity index (χ2v) is 2.24. The molecule has 7 heteroatoms. The van der Waals surface area contributed by atoms with Gasteiger partial charge in [0.2, 0.25) is 0 Å². The van der Waals surface area contributed by atoms with E-state index < -0.39 is 18.8 Å². The van der Waals surface area contributed by atoms with Gasteiger partial charge in [0.1, 0.15) is 0 Å². The van der Waals surface area contributed by atoms with Crippen LogP contribution < -0.4 is 0 Å². The largest absolute Gasteiger partial charge is 0.496 e. The fourth-order valence-electron chi connectivity index (χ4n) is 0.457. The van der Waals surface area contributed by atoms with Crippen LogP contribution in [0.5, 0.6) is 0 Å². The van der Waals surface area contributed by atoms with Crippen LogP contribution in [-0.4, -0.2) is 24.9 Å². The molecule has 1 atom stereocenters. The third kappa shape index (κ3) is 12.3. The highest BCUT2D eigenvalue weighted by Gasteiger charge is 2.09. The molecular formula is C7H11FI2O4. The molecule has 0 rings (SSSR count). The molecular weight excluding hydrogens is 421 g/mol. The highest BCUT2D eigenvalue weighted by molar-refractivity contribution is 15.0. The van der Waals surface area contributed by atoms with Crippen LogP contribution in [0.25, 0.3) is 0 Å². The van der Waals surface area contributed by atoms with Gasteiger partial charge >= 0.3 is 12.2 Å². The number of halogens is 3. The van der Waals surface area contributed by atoms with E-state index in [0.717, 1.165) is 0 Å². The molecule has 0 heterocycles. The summed E-state index contributed by atoms with van der Waals surface area (Å²) in [5.74, 6) is -0.740. The van der Waals surface area contributed by atoms with Gasteiger partial charge in [0.25, 0.3) is 0 Å². The number of ether oxygens (including phenoxy) is 2. The second-order valence-electron chi connectivity index (χ2n) is 2.24. The van der Waals surface area contributed by atoms with Gasteiger partial charge in [-0.3, -0.25) is 0 Å². The maximum Gasteiger partial charge on any atom is 0.496 e.